The van der Waals surface area contributed by atoms with E-state index in [4.69, 9.17) is 5.11 Å². The number of aliphatic carboxylic acids is 1. The van der Waals surface area contributed by atoms with Crippen LogP contribution in [0.4, 0.5) is 13.2 Å². The second kappa shape index (κ2) is 8.00. The molecule has 0 aliphatic heterocycles. The predicted octanol–water partition coefficient (Wildman–Crippen LogP) is 1.45. The van der Waals surface area contributed by atoms with Crippen LogP contribution in [0.3, 0.4) is 0 Å². The van der Waals surface area contributed by atoms with E-state index in [1.54, 1.807) is 5.32 Å². The number of amides is 2. The largest absolute Gasteiger partial charge is 0.480 e. The highest BCUT2D eigenvalue weighted by Crippen LogP contribution is 2.21. The topological polar surface area (TPSA) is 95.5 Å². The van der Waals surface area contributed by atoms with Gasteiger partial charge in [0.25, 0.3) is 0 Å². The molecule has 1 atom stereocenters. The van der Waals surface area contributed by atoms with Crippen LogP contribution in [0.2, 0.25) is 0 Å². The van der Waals surface area contributed by atoms with Crippen LogP contribution in [0, 0.1) is 5.41 Å². The first-order valence-corrected chi connectivity index (χ1v) is 6.66. The summed E-state index contributed by atoms with van der Waals surface area (Å²) in [6.45, 7) is 4.17. The standard InChI is InChI=1S/C13H21F3N2O4/c1-12(2,3)5-4-8(11(21)22)18-10(20)6-9(19)17-7-13(14,15)16/h8H,4-7H2,1-3H3,(H,17,19)(H,18,20)(H,21,22). The number of carbonyl (C=O) groups is 3. The fraction of sp³-hybridized carbons (Fsp3) is 0.769. The van der Waals surface area contributed by atoms with E-state index >= 15 is 0 Å². The molecule has 0 aliphatic carbocycles. The molecule has 3 N–H and O–H groups in total. The lowest BCUT2D eigenvalue weighted by Crippen LogP contribution is -2.43. The first-order chi connectivity index (χ1) is 9.80. The van der Waals surface area contributed by atoms with Crippen LogP contribution in [0.5, 0.6) is 0 Å². The molecule has 22 heavy (non-hydrogen) atoms. The third kappa shape index (κ3) is 10.9. The highest BCUT2D eigenvalue weighted by molar-refractivity contribution is 5.98. The van der Waals surface area contributed by atoms with E-state index in [2.05, 4.69) is 5.32 Å². The molecule has 0 rings (SSSR count). The summed E-state index contributed by atoms with van der Waals surface area (Å²) in [7, 11) is 0. The van der Waals surface area contributed by atoms with E-state index in [0.717, 1.165) is 0 Å². The molecule has 128 valence electrons. The number of hydrogen-bond acceptors (Lipinski definition) is 3. The number of alkyl halides is 3. The molecule has 0 spiro atoms. The Labute approximate surface area is 126 Å². The molecule has 0 saturated heterocycles. The van der Waals surface area contributed by atoms with Crippen molar-refractivity contribution in [3.8, 4) is 0 Å². The van der Waals surface area contributed by atoms with Gasteiger partial charge in [-0.2, -0.15) is 13.2 Å². The second-order valence-electron chi connectivity index (χ2n) is 6.13. The van der Waals surface area contributed by atoms with Crippen LogP contribution in [-0.4, -0.2) is 41.7 Å². The summed E-state index contributed by atoms with van der Waals surface area (Å²) in [5, 5.41) is 12.7. The fourth-order valence-corrected chi connectivity index (χ4v) is 1.49. The van der Waals surface area contributed by atoms with Crippen LogP contribution in [0.1, 0.15) is 40.0 Å². The van der Waals surface area contributed by atoms with Gasteiger partial charge in [-0.15, -0.1) is 0 Å². The van der Waals surface area contributed by atoms with Gasteiger partial charge >= 0.3 is 12.1 Å². The molecule has 9 heteroatoms. The smallest absolute Gasteiger partial charge is 0.405 e. The third-order valence-electron chi connectivity index (χ3n) is 2.62. The van der Waals surface area contributed by atoms with E-state index in [0.29, 0.717) is 6.42 Å². The normalized spacial score (nSPS) is 13.4. The lowest BCUT2D eigenvalue weighted by atomic mass is 9.88. The van der Waals surface area contributed by atoms with Gasteiger partial charge in [-0.05, 0) is 18.3 Å². The van der Waals surface area contributed by atoms with Gasteiger partial charge in [-0.1, -0.05) is 20.8 Å². The van der Waals surface area contributed by atoms with Gasteiger partial charge in [-0.25, -0.2) is 4.79 Å². The van der Waals surface area contributed by atoms with Gasteiger partial charge in [0.05, 0.1) is 0 Å². The fourth-order valence-electron chi connectivity index (χ4n) is 1.49. The second-order valence-corrected chi connectivity index (χ2v) is 6.13. The molecule has 0 saturated carbocycles. The van der Waals surface area contributed by atoms with E-state index < -0.39 is 43.0 Å². The van der Waals surface area contributed by atoms with Crippen molar-refractivity contribution in [1.29, 1.82) is 0 Å². The van der Waals surface area contributed by atoms with E-state index in [1.807, 2.05) is 20.8 Å². The number of halogens is 3. The Balaban J connectivity index is 4.34. The quantitative estimate of drug-likeness (QED) is 0.617. The van der Waals surface area contributed by atoms with Gasteiger partial charge in [0.2, 0.25) is 11.8 Å². The molecule has 0 aliphatic rings. The Morgan fingerprint density at radius 2 is 1.64 bits per heavy atom. The van der Waals surface area contributed by atoms with E-state index in [1.165, 1.54) is 0 Å². The summed E-state index contributed by atoms with van der Waals surface area (Å²) in [5.74, 6) is -3.30. The minimum absolute atomic E-state index is 0.136. The van der Waals surface area contributed by atoms with Crippen molar-refractivity contribution in [1.82, 2.24) is 10.6 Å². The summed E-state index contributed by atoms with van der Waals surface area (Å²) in [4.78, 5) is 33.7. The maximum Gasteiger partial charge on any atom is 0.405 e. The van der Waals surface area contributed by atoms with Crippen molar-refractivity contribution in [2.75, 3.05) is 6.54 Å². The Morgan fingerprint density at radius 1 is 1.09 bits per heavy atom. The highest BCUT2D eigenvalue weighted by Gasteiger charge is 2.28. The summed E-state index contributed by atoms with van der Waals surface area (Å²) in [5.41, 5.74) is -0.136. The predicted molar refractivity (Wildman–Crippen MR) is 71.9 cm³/mol. The van der Waals surface area contributed by atoms with Crippen LogP contribution in [-0.2, 0) is 14.4 Å². The lowest BCUT2D eigenvalue weighted by Gasteiger charge is -2.21. The van der Waals surface area contributed by atoms with Crippen molar-refractivity contribution in [2.24, 2.45) is 5.41 Å². The summed E-state index contributed by atoms with van der Waals surface area (Å²) >= 11 is 0. The molecule has 0 heterocycles. The number of carbonyl (C=O) groups excluding carboxylic acids is 2. The molecule has 0 aromatic heterocycles. The molecule has 2 amide bonds. The zero-order chi connectivity index (χ0) is 17.6. The Morgan fingerprint density at radius 3 is 2.05 bits per heavy atom. The summed E-state index contributed by atoms with van der Waals surface area (Å²) < 4.78 is 35.7. The maximum atomic E-state index is 11.9. The molecule has 0 fully saturated rings. The van der Waals surface area contributed by atoms with Crippen molar-refractivity contribution in [3.63, 3.8) is 0 Å². The number of carboxylic acid groups (broad SMARTS) is 1. The molecular weight excluding hydrogens is 305 g/mol. The third-order valence-corrected chi connectivity index (χ3v) is 2.62. The summed E-state index contributed by atoms with van der Waals surface area (Å²) in [6, 6.07) is -1.18. The maximum absolute atomic E-state index is 11.9. The molecule has 6 nitrogen and oxygen atoms in total. The van der Waals surface area contributed by atoms with Crippen molar-refractivity contribution in [3.05, 3.63) is 0 Å². The minimum Gasteiger partial charge on any atom is -0.480 e. The molecule has 0 aromatic rings. The van der Waals surface area contributed by atoms with Gasteiger partial charge in [0.1, 0.15) is 19.0 Å². The average molecular weight is 326 g/mol. The molecular formula is C13H21F3N2O4. The Kier molecular flexibility index (Phi) is 7.34. The number of nitrogens with one attached hydrogen (secondary N) is 2. The first kappa shape index (κ1) is 20.2. The van der Waals surface area contributed by atoms with Gasteiger partial charge < -0.3 is 15.7 Å². The van der Waals surface area contributed by atoms with Gasteiger partial charge in [0, 0.05) is 0 Å². The molecule has 0 aromatic carbocycles. The van der Waals surface area contributed by atoms with Crippen LogP contribution in [0.25, 0.3) is 0 Å². The SMILES string of the molecule is CC(C)(C)CCC(NC(=O)CC(=O)NCC(F)(F)F)C(=O)O. The Bertz CT molecular complexity index is 416. The van der Waals surface area contributed by atoms with Gasteiger partial charge in [-0.3, -0.25) is 9.59 Å². The van der Waals surface area contributed by atoms with Crippen LogP contribution < -0.4 is 10.6 Å². The number of hydrogen-bond donors (Lipinski definition) is 3. The van der Waals surface area contributed by atoms with Crippen molar-refractivity contribution < 1.29 is 32.7 Å². The summed E-state index contributed by atoms with van der Waals surface area (Å²) in [6.07, 6.45) is -4.74. The first-order valence-electron chi connectivity index (χ1n) is 6.66. The van der Waals surface area contributed by atoms with Gasteiger partial charge in [0.15, 0.2) is 0 Å². The molecule has 0 radical (unpaired) electrons. The number of rotatable bonds is 7. The molecule has 1 unspecified atom stereocenters. The monoisotopic (exact) mass is 326 g/mol. The molecule has 0 bridgehead atoms. The van der Waals surface area contributed by atoms with Crippen LogP contribution in [0.15, 0.2) is 0 Å². The Hall–Kier alpha value is -1.80. The van der Waals surface area contributed by atoms with E-state index in [-0.39, 0.29) is 11.8 Å². The lowest BCUT2D eigenvalue weighted by molar-refractivity contribution is -0.144. The highest BCUT2D eigenvalue weighted by atomic mass is 19.4. The van der Waals surface area contributed by atoms with Crippen LogP contribution >= 0.6 is 0 Å². The minimum atomic E-state index is -4.57. The van der Waals surface area contributed by atoms with Crippen molar-refractivity contribution >= 4 is 17.8 Å². The van der Waals surface area contributed by atoms with E-state index in [9.17, 15) is 27.6 Å². The number of carboxylic acids is 1. The zero-order valence-corrected chi connectivity index (χ0v) is 12.7. The van der Waals surface area contributed by atoms with Crippen molar-refractivity contribution in [2.45, 2.75) is 52.3 Å². The average Bonchev–Trinajstić information content (AvgIpc) is 2.29. The zero-order valence-electron chi connectivity index (χ0n) is 12.7.